The predicted octanol–water partition coefficient (Wildman–Crippen LogP) is 1.11. The number of hydrogen-bond acceptors (Lipinski definition) is 5. The van der Waals surface area contributed by atoms with Gasteiger partial charge in [-0.2, -0.15) is 0 Å². The van der Waals surface area contributed by atoms with E-state index >= 15 is 0 Å². The van der Waals surface area contributed by atoms with Crippen molar-refractivity contribution >= 4 is 11.8 Å². The summed E-state index contributed by atoms with van der Waals surface area (Å²) in [5.41, 5.74) is -1.13. The molecule has 3 heterocycles. The lowest BCUT2D eigenvalue weighted by molar-refractivity contribution is -0.205. The van der Waals surface area contributed by atoms with Crippen molar-refractivity contribution in [1.82, 2.24) is 15.2 Å². The fourth-order valence-electron chi connectivity index (χ4n) is 4.42. The fourth-order valence-corrected chi connectivity index (χ4v) is 4.42. The van der Waals surface area contributed by atoms with Crippen LogP contribution in [0.25, 0.3) is 0 Å². The summed E-state index contributed by atoms with van der Waals surface area (Å²) in [5.74, 6) is -0.386. The summed E-state index contributed by atoms with van der Waals surface area (Å²) < 4.78 is 6.02. The van der Waals surface area contributed by atoms with E-state index in [2.05, 4.69) is 10.3 Å². The van der Waals surface area contributed by atoms with Crippen LogP contribution in [0.1, 0.15) is 62.0 Å². The van der Waals surface area contributed by atoms with Crippen molar-refractivity contribution in [3.63, 3.8) is 0 Å². The number of carbonyl (C=O) groups excluding carboxylic acids is 2. The van der Waals surface area contributed by atoms with Crippen LogP contribution in [-0.2, 0) is 9.53 Å². The summed E-state index contributed by atoms with van der Waals surface area (Å²) in [6.07, 6.45) is 1.72. The van der Waals surface area contributed by atoms with Gasteiger partial charge < -0.3 is 25.0 Å². The third-order valence-corrected chi connectivity index (χ3v) is 6.20. The van der Waals surface area contributed by atoms with E-state index in [0.717, 1.165) is 6.42 Å². The Labute approximate surface area is 170 Å². The van der Waals surface area contributed by atoms with E-state index in [1.165, 1.54) is 0 Å². The normalized spacial score (nSPS) is 26.3. The van der Waals surface area contributed by atoms with Gasteiger partial charge in [0.05, 0.1) is 11.1 Å². The van der Waals surface area contributed by atoms with Crippen LogP contribution in [0.4, 0.5) is 0 Å². The third kappa shape index (κ3) is 4.23. The van der Waals surface area contributed by atoms with Crippen LogP contribution in [0, 0.1) is 6.92 Å². The van der Waals surface area contributed by atoms with E-state index in [4.69, 9.17) is 4.74 Å². The molecule has 2 fully saturated rings. The van der Waals surface area contributed by atoms with Gasteiger partial charge in [-0.1, -0.05) is 6.92 Å². The molecule has 1 aromatic rings. The van der Waals surface area contributed by atoms with Gasteiger partial charge in [-0.3, -0.25) is 14.4 Å². The van der Waals surface area contributed by atoms with Gasteiger partial charge >= 0.3 is 0 Å². The van der Waals surface area contributed by atoms with Gasteiger partial charge in [-0.25, -0.2) is 0 Å². The Morgan fingerprint density at radius 2 is 2.00 bits per heavy atom. The molecule has 0 bridgehead atoms. The van der Waals surface area contributed by atoms with Crippen molar-refractivity contribution in [3.05, 3.63) is 33.7 Å². The maximum absolute atomic E-state index is 12.8. The molecule has 0 aromatic carbocycles. The van der Waals surface area contributed by atoms with Crippen LogP contribution < -0.4 is 10.9 Å². The molecule has 0 saturated carbocycles. The van der Waals surface area contributed by atoms with Gasteiger partial charge in [-0.05, 0) is 51.7 Å². The minimum Gasteiger partial charge on any atom is -0.388 e. The highest BCUT2D eigenvalue weighted by Crippen LogP contribution is 2.40. The molecule has 3 rings (SSSR count). The Balaban J connectivity index is 1.70. The number of likely N-dealkylation sites (tertiary alicyclic amines) is 1. The lowest BCUT2D eigenvalue weighted by atomic mass is 9.73. The van der Waals surface area contributed by atoms with Gasteiger partial charge in [0.2, 0.25) is 5.91 Å². The molecule has 2 aliphatic rings. The van der Waals surface area contributed by atoms with Crippen LogP contribution in [0.2, 0.25) is 0 Å². The second-order valence-electron chi connectivity index (χ2n) is 8.46. The van der Waals surface area contributed by atoms with Gasteiger partial charge in [-0.15, -0.1) is 0 Å². The highest BCUT2D eigenvalue weighted by Gasteiger charge is 2.54. The molecule has 1 aromatic heterocycles. The smallest absolute Gasteiger partial charge is 0.260 e. The minimum atomic E-state index is -0.871. The molecule has 0 unspecified atom stereocenters. The average Bonchev–Trinajstić information content (AvgIpc) is 2.66. The van der Waals surface area contributed by atoms with E-state index < -0.39 is 22.8 Å². The highest BCUT2D eigenvalue weighted by molar-refractivity contribution is 5.93. The van der Waals surface area contributed by atoms with Crippen LogP contribution in [0.3, 0.4) is 0 Å². The first kappa shape index (κ1) is 21.5. The van der Waals surface area contributed by atoms with Crippen molar-refractivity contribution in [3.8, 4) is 0 Å². The number of hydrogen-bond donors (Lipinski definition) is 3. The summed E-state index contributed by atoms with van der Waals surface area (Å²) in [6.45, 7) is 6.75. The number of ether oxygens (including phenoxy) is 1. The molecule has 3 N–H and O–H groups in total. The average molecular weight is 405 g/mol. The lowest BCUT2D eigenvalue weighted by Gasteiger charge is -2.53. The first-order chi connectivity index (χ1) is 13.7. The van der Waals surface area contributed by atoms with Crippen molar-refractivity contribution in [1.29, 1.82) is 0 Å². The number of H-pyrrole nitrogens is 1. The highest BCUT2D eigenvalue weighted by atomic mass is 16.5. The molecular weight excluding hydrogens is 374 g/mol. The molecular formula is C21H31N3O5. The summed E-state index contributed by atoms with van der Waals surface area (Å²) in [5, 5.41) is 14.1. The van der Waals surface area contributed by atoms with Crippen molar-refractivity contribution < 1.29 is 19.4 Å². The molecule has 2 saturated heterocycles. The number of nitrogens with zero attached hydrogens (tertiary/aromatic N) is 1. The van der Waals surface area contributed by atoms with E-state index in [1.807, 2.05) is 13.8 Å². The SMILES string of the molecule is CCCC(=O)N[C@]1(C)CCOC2(CCN(C(=O)c3ccc(C)[nH]c3=O)CC2)[C@H]1O. The largest absolute Gasteiger partial charge is 0.388 e. The molecule has 29 heavy (non-hydrogen) atoms. The number of aliphatic hydroxyl groups excluding tert-OH is 1. The zero-order valence-corrected chi connectivity index (χ0v) is 17.4. The molecule has 2 amide bonds. The minimum absolute atomic E-state index is 0.0719. The molecule has 0 aliphatic carbocycles. The summed E-state index contributed by atoms with van der Waals surface area (Å²) in [6, 6.07) is 3.26. The predicted molar refractivity (Wildman–Crippen MR) is 108 cm³/mol. The van der Waals surface area contributed by atoms with E-state index in [0.29, 0.717) is 51.1 Å². The Kier molecular flexibility index (Phi) is 6.14. The number of carbonyl (C=O) groups is 2. The fraction of sp³-hybridized carbons (Fsp3) is 0.667. The van der Waals surface area contributed by atoms with Crippen molar-refractivity contribution in [2.24, 2.45) is 0 Å². The van der Waals surface area contributed by atoms with Crippen LogP contribution in [0.15, 0.2) is 16.9 Å². The molecule has 2 atom stereocenters. The number of piperidine rings is 1. The number of aliphatic hydroxyl groups is 1. The molecule has 1 spiro atoms. The second-order valence-corrected chi connectivity index (χ2v) is 8.46. The van der Waals surface area contributed by atoms with Gasteiger partial charge in [0.1, 0.15) is 11.7 Å². The van der Waals surface area contributed by atoms with Crippen molar-refractivity contribution in [2.75, 3.05) is 19.7 Å². The van der Waals surface area contributed by atoms with Gasteiger partial charge in [0, 0.05) is 31.8 Å². The van der Waals surface area contributed by atoms with Crippen LogP contribution in [0.5, 0.6) is 0 Å². The number of pyridine rings is 1. The zero-order valence-electron chi connectivity index (χ0n) is 17.4. The summed E-state index contributed by atoms with van der Waals surface area (Å²) in [7, 11) is 0. The topological polar surface area (TPSA) is 112 Å². The van der Waals surface area contributed by atoms with E-state index in [1.54, 1.807) is 24.0 Å². The lowest BCUT2D eigenvalue weighted by Crippen LogP contribution is -2.69. The maximum Gasteiger partial charge on any atom is 0.260 e. The Morgan fingerprint density at radius 3 is 2.62 bits per heavy atom. The Morgan fingerprint density at radius 1 is 1.31 bits per heavy atom. The molecule has 160 valence electrons. The zero-order chi connectivity index (χ0) is 21.2. The van der Waals surface area contributed by atoms with E-state index in [-0.39, 0.29) is 17.4 Å². The van der Waals surface area contributed by atoms with E-state index in [9.17, 15) is 19.5 Å². The number of rotatable bonds is 4. The number of aromatic nitrogens is 1. The quantitative estimate of drug-likeness (QED) is 0.695. The first-order valence-corrected chi connectivity index (χ1v) is 10.3. The number of aryl methyl sites for hydroxylation is 1. The standard InChI is InChI=1S/C21H31N3O5/c1-4-5-16(25)23-20(3)10-13-29-21(19(20)28)8-11-24(12-9-21)18(27)15-7-6-14(2)22-17(15)26/h6-7,19,28H,4-5,8-13H2,1-3H3,(H,22,26)(H,23,25)/t19-,20+/m0/s1. The van der Waals surface area contributed by atoms with Gasteiger partial charge in [0.15, 0.2) is 0 Å². The third-order valence-electron chi connectivity index (χ3n) is 6.20. The second kappa shape index (κ2) is 8.28. The Hall–Kier alpha value is -2.19. The molecule has 8 nitrogen and oxygen atoms in total. The van der Waals surface area contributed by atoms with Crippen LogP contribution in [-0.4, -0.2) is 63.7 Å². The Bertz CT molecular complexity index is 828. The molecule has 0 radical (unpaired) electrons. The molecule has 2 aliphatic heterocycles. The molecule has 8 heteroatoms. The summed E-state index contributed by atoms with van der Waals surface area (Å²) in [4.78, 5) is 41.3. The number of aromatic amines is 1. The van der Waals surface area contributed by atoms with Gasteiger partial charge in [0.25, 0.3) is 11.5 Å². The monoisotopic (exact) mass is 405 g/mol. The first-order valence-electron chi connectivity index (χ1n) is 10.3. The van der Waals surface area contributed by atoms with Crippen LogP contribution >= 0.6 is 0 Å². The number of nitrogens with one attached hydrogen (secondary N) is 2. The maximum atomic E-state index is 12.8. The number of amides is 2. The summed E-state index contributed by atoms with van der Waals surface area (Å²) >= 11 is 0. The van der Waals surface area contributed by atoms with Crippen molar-refractivity contribution in [2.45, 2.75) is 70.1 Å².